The first-order valence-electron chi connectivity index (χ1n) is 12.2. The van der Waals surface area contributed by atoms with E-state index in [0.29, 0.717) is 23.8 Å². The number of aryl methyl sites for hydroxylation is 2. The third-order valence-electron chi connectivity index (χ3n) is 6.12. The maximum absolute atomic E-state index is 15.0. The third kappa shape index (κ3) is 6.12. The van der Waals surface area contributed by atoms with Gasteiger partial charge in [0.1, 0.15) is 17.5 Å². The van der Waals surface area contributed by atoms with E-state index >= 15 is 4.39 Å². The molecule has 0 aliphatic heterocycles. The number of nitrogens with one attached hydrogen (secondary N) is 1. The lowest BCUT2D eigenvalue weighted by Crippen LogP contribution is -2.15. The van der Waals surface area contributed by atoms with Crippen LogP contribution in [0.4, 0.5) is 27.5 Å². The Hall–Kier alpha value is -2.17. The second kappa shape index (κ2) is 12.1. The van der Waals surface area contributed by atoms with Crippen LogP contribution >= 0.6 is 40.2 Å². The molecule has 1 fully saturated rings. The molecule has 0 saturated heterocycles. The quantitative estimate of drug-likeness (QED) is 0.118. The van der Waals surface area contributed by atoms with E-state index < -0.39 is 0 Å². The molecule has 1 aromatic carbocycles. The number of nitrogens with zero attached hydrogens (tertiary/aromatic N) is 6. The second-order valence-electron chi connectivity index (χ2n) is 8.64. The average Bonchev–Trinajstić information content (AvgIpc) is 3.55. The van der Waals surface area contributed by atoms with Gasteiger partial charge in [-0.25, -0.2) is 13.8 Å². The Morgan fingerprint density at radius 3 is 2.54 bits per heavy atom. The summed E-state index contributed by atoms with van der Waals surface area (Å²) in [6.07, 6.45) is 8.58. The van der Waals surface area contributed by atoms with Gasteiger partial charge in [0.05, 0.1) is 18.3 Å². The highest BCUT2D eigenvalue weighted by atomic mass is 127. The number of anilines is 4. The van der Waals surface area contributed by atoms with Crippen molar-refractivity contribution in [1.82, 2.24) is 24.3 Å². The Morgan fingerprint density at radius 2 is 1.97 bits per heavy atom. The van der Waals surface area contributed by atoms with E-state index in [0.717, 1.165) is 51.8 Å². The van der Waals surface area contributed by atoms with Crippen LogP contribution in [-0.2, 0) is 7.05 Å². The molecule has 0 spiro atoms. The van der Waals surface area contributed by atoms with E-state index in [1.165, 1.54) is 11.8 Å². The lowest BCUT2D eigenvalue weighted by atomic mass is 9.99. The Labute approximate surface area is 236 Å². The van der Waals surface area contributed by atoms with Gasteiger partial charge in [-0.2, -0.15) is 10.2 Å². The minimum absolute atomic E-state index is 0.276. The van der Waals surface area contributed by atoms with E-state index in [-0.39, 0.29) is 5.82 Å². The molecule has 1 N–H and O–H groups in total. The van der Waals surface area contributed by atoms with Gasteiger partial charge in [0, 0.05) is 48.1 Å². The lowest BCUT2D eigenvalue weighted by Gasteiger charge is -2.23. The number of hydrogen-bond acceptors (Lipinski definition) is 6. The van der Waals surface area contributed by atoms with E-state index in [9.17, 15) is 0 Å². The third-order valence-corrected chi connectivity index (χ3v) is 8.83. The fourth-order valence-electron chi connectivity index (χ4n) is 4.15. The van der Waals surface area contributed by atoms with Crippen LogP contribution in [0.2, 0.25) is 0 Å². The molecule has 0 radical (unpaired) electrons. The van der Waals surface area contributed by atoms with Gasteiger partial charge in [-0.15, -0.1) is 11.8 Å². The molecule has 0 amide bonds. The van der Waals surface area contributed by atoms with Crippen molar-refractivity contribution < 1.29 is 4.39 Å². The van der Waals surface area contributed by atoms with Crippen molar-refractivity contribution in [2.75, 3.05) is 23.5 Å². The molecule has 3 heterocycles. The number of benzene rings is 1. The van der Waals surface area contributed by atoms with Crippen molar-refractivity contribution in [2.45, 2.75) is 44.4 Å². The normalized spacial score (nSPS) is 13.1. The summed E-state index contributed by atoms with van der Waals surface area (Å²) in [6, 6.07) is 9.38. The zero-order chi connectivity index (χ0) is 26.7. The summed E-state index contributed by atoms with van der Waals surface area (Å²) in [5, 5.41) is 12.6. The highest BCUT2D eigenvalue weighted by Crippen LogP contribution is 2.49. The predicted octanol–water partition coefficient (Wildman–Crippen LogP) is 8.05. The van der Waals surface area contributed by atoms with Crippen LogP contribution in [-0.4, -0.2) is 37.6 Å². The van der Waals surface area contributed by atoms with Gasteiger partial charge in [-0.05, 0) is 83.8 Å². The maximum atomic E-state index is 15.0. The Kier molecular flexibility index (Phi) is 9.13. The highest BCUT2D eigenvalue weighted by Gasteiger charge is 2.32. The molecule has 1 aliphatic rings. The molecule has 1 saturated carbocycles. The van der Waals surface area contributed by atoms with E-state index in [2.05, 4.69) is 32.5 Å². The lowest BCUT2D eigenvalue weighted by molar-refractivity contribution is 0.624. The van der Waals surface area contributed by atoms with Gasteiger partial charge >= 0.3 is 0 Å². The Balaban J connectivity index is 0.00000156. The Bertz CT molecular complexity index is 1390. The molecule has 0 bridgehead atoms. The highest BCUT2D eigenvalue weighted by molar-refractivity contribution is 14.2. The molecule has 37 heavy (non-hydrogen) atoms. The summed E-state index contributed by atoms with van der Waals surface area (Å²) >= 11 is 3.85. The molecule has 196 valence electrons. The summed E-state index contributed by atoms with van der Waals surface area (Å²) in [5.41, 5.74) is 4.81. The smallest absolute Gasteiger partial charge is 0.154 e. The van der Waals surface area contributed by atoms with Crippen LogP contribution in [0.25, 0.3) is 11.1 Å². The van der Waals surface area contributed by atoms with Crippen molar-refractivity contribution in [2.24, 2.45) is 7.05 Å². The first kappa shape index (κ1) is 27.9. The SMILES string of the molecule is CC.CSc1ccc(N(C)c2cc(-c3cnn(C)c3)c(C3CC3)c(Nc3cc(C)n(PI)n3)n2)c(F)c1. The average molecular weight is 652 g/mol. The van der Waals surface area contributed by atoms with E-state index in [1.807, 2.05) is 76.2 Å². The van der Waals surface area contributed by atoms with Crippen LogP contribution in [0.3, 0.4) is 0 Å². The number of hydrogen-bond donors (Lipinski definition) is 1. The molecule has 1 aliphatic carbocycles. The van der Waals surface area contributed by atoms with Crippen molar-refractivity contribution in [3.05, 3.63) is 59.8 Å². The number of thioether (sulfide) groups is 1. The number of rotatable bonds is 8. The van der Waals surface area contributed by atoms with E-state index in [4.69, 9.17) is 10.1 Å². The van der Waals surface area contributed by atoms with Gasteiger partial charge in [0.2, 0.25) is 0 Å². The first-order chi connectivity index (χ1) is 17.9. The fourth-order valence-corrected chi connectivity index (χ4v) is 6.38. The Morgan fingerprint density at radius 1 is 1.22 bits per heavy atom. The zero-order valence-corrected chi connectivity index (χ0v) is 25.9. The van der Waals surface area contributed by atoms with Crippen LogP contribution < -0.4 is 10.2 Å². The summed E-state index contributed by atoms with van der Waals surface area (Å²) in [6.45, 7) is 6.05. The van der Waals surface area contributed by atoms with Crippen LogP contribution in [0.15, 0.2) is 47.6 Å². The molecule has 4 aromatic rings. The summed E-state index contributed by atoms with van der Waals surface area (Å²) in [7, 11) is 3.76. The first-order valence-corrected chi connectivity index (χ1v) is 17.5. The maximum Gasteiger partial charge on any atom is 0.154 e. The van der Waals surface area contributed by atoms with Crippen LogP contribution in [0.5, 0.6) is 0 Å². The van der Waals surface area contributed by atoms with Crippen molar-refractivity contribution in [3.63, 3.8) is 0 Å². The zero-order valence-electron chi connectivity index (χ0n) is 21.9. The molecule has 5 rings (SSSR count). The van der Waals surface area contributed by atoms with Gasteiger partial charge in [0.15, 0.2) is 5.82 Å². The number of halogens is 2. The summed E-state index contributed by atoms with van der Waals surface area (Å²) in [5.74, 6) is 2.32. The molecule has 7 nitrogen and oxygen atoms in total. The molecule has 3 aromatic heterocycles. The number of aromatic nitrogens is 5. The van der Waals surface area contributed by atoms with Crippen LogP contribution in [0, 0.1) is 12.7 Å². The topological polar surface area (TPSA) is 63.8 Å². The molecular weight excluding hydrogens is 619 g/mol. The standard InChI is InChI=1S/C24H26FIN7PS.C2H6/c1-14-9-21(30-33(14)34-26)28-24-23(15-5-6-15)18(16-12-27-31(2)13-16)11-22(29-24)32(3)20-8-7-17(35-4)10-19(20)25;1-2/h7-13,15,34H,5-6H2,1-4H3,(H,28,29,30);1-2H3. The summed E-state index contributed by atoms with van der Waals surface area (Å²) < 4.78 is 18.8. The molecule has 11 heteroatoms. The largest absolute Gasteiger partial charge is 0.327 e. The van der Waals surface area contributed by atoms with E-state index in [1.54, 1.807) is 21.7 Å². The minimum Gasteiger partial charge on any atom is -0.327 e. The van der Waals surface area contributed by atoms with Crippen molar-refractivity contribution in [1.29, 1.82) is 0 Å². The minimum atomic E-state index is -0.276. The molecule has 1 unspecified atom stereocenters. The van der Waals surface area contributed by atoms with Crippen molar-refractivity contribution >= 4 is 63.3 Å². The second-order valence-corrected chi connectivity index (χ2v) is 11.6. The van der Waals surface area contributed by atoms with Crippen LogP contribution in [0.1, 0.15) is 43.9 Å². The number of pyridine rings is 1. The van der Waals surface area contributed by atoms with Crippen molar-refractivity contribution in [3.8, 4) is 11.1 Å². The predicted molar refractivity (Wildman–Crippen MR) is 164 cm³/mol. The van der Waals surface area contributed by atoms with Gasteiger partial charge in [-0.1, -0.05) is 13.8 Å². The monoisotopic (exact) mass is 651 g/mol. The fraction of sp³-hybridized carbons (Fsp3) is 0.346. The molecular formula is C26H32FIN7PS. The molecule has 1 atom stereocenters. The van der Waals surface area contributed by atoms with Gasteiger partial charge in [0.25, 0.3) is 0 Å². The summed E-state index contributed by atoms with van der Waals surface area (Å²) in [4.78, 5) is 7.70. The van der Waals surface area contributed by atoms with Gasteiger partial charge < -0.3 is 10.2 Å². The van der Waals surface area contributed by atoms with Gasteiger partial charge in [-0.3, -0.25) is 4.68 Å².